The number of nitrogens with one attached hydrogen (secondary N) is 1. The molecule has 0 radical (unpaired) electrons. The number of rotatable bonds is 2. The lowest BCUT2D eigenvalue weighted by Crippen LogP contribution is -2.34. The minimum Gasteiger partial charge on any atom is -0.442 e. The predicted octanol–water partition coefficient (Wildman–Crippen LogP) is 2.70. The van der Waals surface area contributed by atoms with E-state index in [2.05, 4.69) is 10.5 Å². The number of amides is 1. The van der Waals surface area contributed by atoms with E-state index in [1.54, 1.807) is 22.7 Å². The van der Waals surface area contributed by atoms with Crippen molar-refractivity contribution in [2.45, 2.75) is 6.18 Å². The van der Waals surface area contributed by atoms with Gasteiger partial charge in [-0.05, 0) is 12.1 Å². The molecule has 124 valence electrons. The summed E-state index contributed by atoms with van der Waals surface area (Å²) in [5.74, 6) is 1.62. The molecule has 2 heterocycles. The van der Waals surface area contributed by atoms with Crippen LogP contribution in [0.3, 0.4) is 0 Å². The molecule has 0 aliphatic carbocycles. The summed E-state index contributed by atoms with van der Waals surface area (Å²) in [6, 6.07) is 4.11. The van der Waals surface area contributed by atoms with Crippen molar-refractivity contribution in [2.75, 3.05) is 36.1 Å². The van der Waals surface area contributed by atoms with Crippen LogP contribution in [0.4, 0.5) is 23.7 Å². The first-order valence-corrected chi connectivity index (χ1v) is 8.14. The zero-order valence-corrected chi connectivity index (χ0v) is 12.8. The Morgan fingerprint density at radius 3 is 2.61 bits per heavy atom. The number of nitrogens with zero attached hydrogens (tertiary/aromatic N) is 2. The molecule has 9 heteroatoms. The summed E-state index contributed by atoms with van der Waals surface area (Å²) in [6.07, 6.45) is -5.18. The Morgan fingerprint density at radius 1 is 1.26 bits per heavy atom. The quantitative estimate of drug-likeness (QED) is 0.895. The van der Waals surface area contributed by atoms with Crippen LogP contribution in [-0.4, -0.2) is 43.0 Å². The van der Waals surface area contributed by atoms with E-state index in [0.29, 0.717) is 13.1 Å². The second-order valence-corrected chi connectivity index (χ2v) is 6.30. The zero-order valence-electron chi connectivity index (χ0n) is 12.0. The average molecular weight is 345 g/mol. The van der Waals surface area contributed by atoms with Gasteiger partial charge >= 0.3 is 12.3 Å². The summed E-state index contributed by atoms with van der Waals surface area (Å²) < 4.78 is 45.1. The molecule has 0 spiro atoms. The molecule has 0 saturated carbocycles. The topological polar surface area (TPSA) is 53.9 Å². The summed E-state index contributed by atoms with van der Waals surface area (Å²) in [5.41, 5.74) is 2.13. The first-order valence-electron chi connectivity index (χ1n) is 6.99. The molecular weight excluding hydrogens is 331 g/mol. The number of carbonyl (C=O) groups excluding carboxylic acids is 1. The Morgan fingerprint density at radius 2 is 2.00 bits per heavy atom. The third-order valence-electron chi connectivity index (χ3n) is 3.61. The molecule has 0 unspecified atom stereocenters. The van der Waals surface area contributed by atoms with Crippen molar-refractivity contribution in [3.63, 3.8) is 0 Å². The Labute approximate surface area is 134 Å². The van der Waals surface area contributed by atoms with E-state index in [1.165, 1.54) is 6.07 Å². The number of ether oxygens (including phenoxy) is 1. The molecule has 1 saturated heterocycles. The van der Waals surface area contributed by atoms with Crippen molar-refractivity contribution in [1.29, 1.82) is 0 Å². The Bertz CT molecular complexity index is 643. The zero-order chi connectivity index (χ0) is 16.4. The second-order valence-electron chi connectivity index (χ2n) is 5.08. The van der Waals surface area contributed by atoms with Crippen molar-refractivity contribution in [1.82, 2.24) is 5.43 Å². The normalized spacial score (nSPS) is 19.0. The number of carbonyl (C=O) groups is 1. The van der Waals surface area contributed by atoms with E-state index in [9.17, 15) is 18.0 Å². The van der Waals surface area contributed by atoms with Crippen molar-refractivity contribution in [2.24, 2.45) is 5.10 Å². The fourth-order valence-corrected chi connectivity index (χ4v) is 3.39. The number of hydrogen-bond acceptors (Lipinski definition) is 5. The highest BCUT2D eigenvalue weighted by molar-refractivity contribution is 7.99. The molecule has 5 nitrogen and oxygen atoms in total. The molecule has 2 aliphatic rings. The largest absolute Gasteiger partial charge is 0.442 e. The van der Waals surface area contributed by atoms with Crippen LogP contribution >= 0.6 is 11.8 Å². The summed E-state index contributed by atoms with van der Waals surface area (Å²) in [7, 11) is 0. The lowest BCUT2D eigenvalue weighted by molar-refractivity contribution is -0.137. The molecule has 1 N–H and O–H groups in total. The number of anilines is 1. The Hall–Kier alpha value is -1.90. The van der Waals surface area contributed by atoms with Gasteiger partial charge in [0.1, 0.15) is 12.3 Å². The molecule has 0 atom stereocenters. The minimum atomic E-state index is -4.46. The molecule has 23 heavy (non-hydrogen) atoms. The highest BCUT2D eigenvalue weighted by Gasteiger charge is 2.36. The van der Waals surface area contributed by atoms with Crippen LogP contribution < -0.4 is 10.3 Å². The predicted molar refractivity (Wildman–Crippen MR) is 82.0 cm³/mol. The molecule has 1 aromatic carbocycles. The minimum absolute atomic E-state index is 0.150. The fraction of sp³-hybridized carbons (Fsp3) is 0.429. The van der Waals surface area contributed by atoms with Crippen molar-refractivity contribution in [3.05, 3.63) is 29.3 Å². The van der Waals surface area contributed by atoms with Crippen LogP contribution in [0.5, 0.6) is 0 Å². The highest BCUT2D eigenvalue weighted by atomic mass is 32.2. The maximum Gasteiger partial charge on any atom is 0.428 e. The number of benzene rings is 1. The summed E-state index contributed by atoms with van der Waals surface area (Å²) in [4.78, 5) is 12.7. The molecule has 0 aromatic heterocycles. The monoisotopic (exact) mass is 345 g/mol. The van der Waals surface area contributed by atoms with Gasteiger partial charge in [-0.1, -0.05) is 6.07 Å². The van der Waals surface area contributed by atoms with Crippen LogP contribution in [0.1, 0.15) is 11.1 Å². The van der Waals surface area contributed by atoms with Crippen LogP contribution in [0.25, 0.3) is 0 Å². The van der Waals surface area contributed by atoms with Gasteiger partial charge in [-0.2, -0.15) is 30.0 Å². The van der Waals surface area contributed by atoms with Gasteiger partial charge in [-0.25, -0.2) is 10.2 Å². The van der Waals surface area contributed by atoms with Gasteiger partial charge in [0.15, 0.2) is 0 Å². The highest BCUT2D eigenvalue weighted by Crippen LogP contribution is 2.38. The number of alkyl halides is 3. The second kappa shape index (κ2) is 6.31. The van der Waals surface area contributed by atoms with Gasteiger partial charge in [0.2, 0.25) is 0 Å². The lowest BCUT2D eigenvalue weighted by Gasteiger charge is -2.31. The van der Waals surface area contributed by atoms with Crippen molar-refractivity contribution >= 4 is 29.3 Å². The number of hydrazone groups is 1. The SMILES string of the molecule is O=C1NN=C(c2ccc(N3CCSCC3)c(C(F)(F)F)c2)CO1. The lowest BCUT2D eigenvalue weighted by atomic mass is 10.0. The maximum absolute atomic E-state index is 13.4. The van der Waals surface area contributed by atoms with Gasteiger partial charge in [-0.3, -0.25) is 0 Å². The Kier molecular flexibility index (Phi) is 4.38. The van der Waals surface area contributed by atoms with Gasteiger partial charge in [-0.15, -0.1) is 0 Å². The van der Waals surface area contributed by atoms with Crippen LogP contribution in [0.15, 0.2) is 23.3 Å². The van der Waals surface area contributed by atoms with Gasteiger partial charge in [0.25, 0.3) is 0 Å². The molecule has 1 fully saturated rings. The van der Waals surface area contributed by atoms with Crippen LogP contribution in [-0.2, 0) is 10.9 Å². The standard InChI is InChI=1S/C14H14F3N3O2S/c15-14(16,17)10-7-9(11-8-22-13(21)19-18-11)1-2-12(10)20-3-5-23-6-4-20/h1-2,7H,3-6,8H2,(H,19,21). The van der Waals surface area contributed by atoms with E-state index in [-0.39, 0.29) is 23.6 Å². The third-order valence-corrected chi connectivity index (χ3v) is 4.55. The third kappa shape index (κ3) is 3.54. The van der Waals surface area contributed by atoms with Gasteiger partial charge < -0.3 is 9.64 Å². The first kappa shape index (κ1) is 16.0. The molecular formula is C14H14F3N3O2S. The first-order chi connectivity index (χ1) is 10.9. The van der Waals surface area contributed by atoms with E-state index in [1.807, 2.05) is 0 Å². The molecule has 3 rings (SSSR count). The van der Waals surface area contributed by atoms with Gasteiger partial charge in [0, 0.05) is 35.8 Å². The molecule has 2 aliphatic heterocycles. The van der Waals surface area contributed by atoms with E-state index in [4.69, 9.17) is 4.74 Å². The smallest absolute Gasteiger partial charge is 0.428 e. The van der Waals surface area contributed by atoms with Crippen molar-refractivity contribution in [3.8, 4) is 0 Å². The van der Waals surface area contributed by atoms with Gasteiger partial charge in [0.05, 0.1) is 5.56 Å². The molecule has 1 amide bonds. The summed E-state index contributed by atoms with van der Waals surface area (Å²) in [6.45, 7) is 1.03. The molecule has 0 bridgehead atoms. The van der Waals surface area contributed by atoms with Crippen molar-refractivity contribution < 1.29 is 22.7 Å². The maximum atomic E-state index is 13.4. The average Bonchev–Trinajstić information content (AvgIpc) is 2.55. The molecule has 1 aromatic rings. The van der Waals surface area contributed by atoms with Crippen LogP contribution in [0, 0.1) is 0 Å². The van der Waals surface area contributed by atoms with Crippen LogP contribution in [0.2, 0.25) is 0 Å². The summed E-state index contributed by atoms with van der Waals surface area (Å²) >= 11 is 1.73. The van der Waals surface area contributed by atoms with E-state index < -0.39 is 17.8 Å². The summed E-state index contributed by atoms with van der Waals surface area (Å²) in [5, 5.41) is 3.75. The number of hydrogen-bond donors (Lipinski definition) is 1. The number of thioether (sulfide) groups is 1. The number of halogens is 3. The van der Waals surface area contributed by atoms with E-state index >= 15 is 0 Å². The fourth-order valence-electron chi connectivity index (χ4n) is 2.48. The Balaban J connectivity index is 1.97. The van der Waals surface area contributed by atoms with E-state index in [0.717, 1.165) is 17.6 Å². The number of cyclic esters (lactones) is 1.